The van der Waals surface area contributed by atoms with Crippen LogP contribution in [0.1, 0.15) is 16.7 Å². The largest absolute Gasteiger partial charge is 0.454 e. The molecule has 5 aromatic rings. The fraction of sp³-hybridized carbons (Fsp3) is 0.160. The molecule has 1 aliphatic rings. The third kappa shape index (κ3) is 3.65. The van der Waals surface area contributed by atoms with E-state index in [0.29, 0.717) is 22.2 Å². The van der Waals surface area contributed by atoms with Gasteiger partial charge < -0.3 is 9.47 Å². The fourth-order valence-corrected chi connectivity index (χ4v) is 6.03. The number of nitrogens with zero attached hydrogens (tertiary/aromatic N) is 3. The van der Waals surface area contributed by atoms with Crippen molar-refractivity contribution in [3.05, 3.63) is 87.8 Å². The van der Waals surface area contributed by atoms with Gasteiger partial charge in [0.2, 0.25) is 6.79 Å². The van der Waals surface area contributed by atoms with Crippen LogP contribution in [0.3, 0.4) is 0 Å². The van der Waals surface area contributed by atoms with E-state index in [1.807, 2.05) is 42.5 Å². The Morgan fingerprint density at radius 3 is 2.88 bits per heavy atom. The molecule has 0 fully saturated rings. The number of thiophene rings is 1. The fourth-order valence-electron chi connectivity index (χ4n) is 3.93. The molecule has 0 amide bonds. The third-order valence-corrected chi connectivity index (χ3v) is 7.83. The van der Waals surface area contributed by atoms with Crippen molar-refractivity contribution in [3.8, 4) is 11.5 Å². The number of pyridine rings is 1. The molecule has 0 atom stereocenters. The Labute approximate surface area is 197 Å². The van der Waals surface area contributed by atoms with E-state index < -0.39 is 0 Å². The van der Waals surface area contributed by atoms with E-state index in [-0.39, 0.29) is 12.4 Å². The van der Waals surface area contributed by atoms with Crippen LogP contribution in [0.4, 0.5) is 0 Å². The normalized spacial score (nSPS) is 12.6. The van der Waals surface area contributed by atoms with Gasteiger partial charge in [-0.05, 0) is 47.9 Å². The predicted molar refractivity (Wildman–Crippen MR) is 132 cm³/mol. The molecule has 0 unspecified atom stereocenters. The van der Waals surface area contributed by atoms with Gasteiger partial charge in [0.1, 0.15) is 9.53 Å². The van der Waals surface area contributed by atoms with Crippen molar-refractivity contribution in [1.82, 2.24) is 14.5 Å². The summed E-state index contributed by atoms with van der Waals surface area (Å²) in [6.45, 7) is 2.72. The SMILES string of the molecule is Cc1ccccc1CSc1nc2c(sc3ncccc32)c(=O)n1Cc1ccc2c(c1)OCO2. The first kappa shape index (κ1) is 20.3. The lowest BCUT2D eigenvalue weighted by atomic mass is 10.1. The lowest BCUT2D eigenvalue weighted by molar-refractivity contribution is 0.174. The smallest absolute Gasteiger partial charge is 0.272 e. The minimum atomic E-state index is -0.0482. The molecule has 6 rings (SSSR count). The number of fused-ring (bicyclic) bond motifs is 4. The zero-order valence-electron chi connectivity index (χ0n) is 17.8. The molecule has 6 nitrogen and oxygen atoms in total. The minimum absolute atomic E-state index is 0.0482. The molecule has 0 saturated heterocycles. The van der Waals surface area contributed by atoms with Gasteiger partial charge in [-0.3, -0.25) is 9.36 Å². The summed E-state index contributed by atoms with van der Waals surface area (Å²) >= 11 is 2.98. The Bertz CT molecular complexity index is 1580. The predicted octanol–water partition coefficient (Wildman–Crippen LogP) is 5.38. The van der Waals surface area contributed by atoms with Crippen LogP contribution in [-0.4, -0.2) is 21.3 Å². The Morgan fingerprint density at radius 2 is 1.97 bits per heavy atom. The van der Waals surface area contributed by atoms with Crippen LogP contribution in [0, 0.1) is 6.92 Å². The van der Waals surface area contributed by atoms with E-state index in [1.165, 1.54) is 22.5 Å². The van der Waals surface area contributed by atoms with E-state index in [1.54, 1.807) is 22.5 Å². The van der Waals surface area contributed by atoms with Gasteiger partial charge >= 0.3 is 0 Å². The van der Waals surface area contributed by atoms with Gasteiger partial charge in [-0.25, -0.2) is 9.97 Å². The van der Waals surface area contributed by atoms with E-state index >= 15 is 0 Å². The lowest BCUT2D eigenvalue weighted by Gasteiger charge is -2.13. The molecule has 33 heavy (non-hydrogen) atoms. The Balaban J connectivity index is 1.47. The average molecular weight is 474 g/mol. The highest BCUT2D eigenvalue weighted by Crippen LogP contribution is 2.34. The summed E-state index contributed by atoms with van der Waals surface area (Å²) in [6, 6.07) is 17.9. The van der Waals surface area contributed by atoms with Gasteiger partial charge in [0.25, 0.3) is 5.56 Å². The van der Waals surface area contributed by atoms with E-state index in [4.69, 9.17) is 14.5 Å². The first-order chi connectivity index (χ1) is 16.2. The first-order valence-corrected chi connectivity index (χ1v) is 12.3. The second-order valence-corrected chi connectivity index (χ2v) is 9.77. The number of aromatic nitrogens is 3. The van der Waals surface area contributed by atoms with Crippen molar-refractivity contribution < 1.29 is 9.47 Å². The van der Waals surface area contributed by atoms with Crippen LogP contribution in [0.5, 0.6) is 11.5 Å². The molecule has 2 aromatic carbocycles. The minimum Gasteiger partial charge on any atom is -0.454 e. The second-order valence-electron chi connectivity index (χ2n) is 7.82. The Hall–Kier alpha value is -3.36. The molecular weight excluding hydrogens is 454 g/mol. The Kier molecular flexibility index (Phi) is 5.04. The van der Waals surface area contributed by atoms with Crippen LogP contribution in [-0.2, 0) is 12.3 Å². The quantitative estimate of drug-likeness (QED) is 0.252. The molecule has 0 saturated carbocycles. The van der Waals surface area contributed by atoms with E-state index in [0.717, 1.165) is 32.8 Å². The molecule has 0 aliphatic carbocycles. The molecule has 164 valence electrons. The molecule has 8 heteroatoms. The highest BCUT2D eigenvalue weighted by Gasteiger charge is 2.19. The average Bonchev–Trinajstić information content (AvgIpc) is 3.45. The molecule has 0 bridgehead atoms. The number of rotatable bonds is 5. The van der Waals surface area contributed by atoms with Crippen molar-refractivity contribution in [2.24, 2.45) is 0 Å². The maximum Gasteiger partial charge on any atom is 0.272 e. The monoisotopic (exact) mass is 473 g/mol. The van der Waals surface area contributed by atoms with Gasteiger partial charge in [0.15, 0.2) is 16.7 Å². The molecule has 0 spiro atoms. The molecule has 4 heterocycles. The summed E-state index contributed by atoms with van der Waals surface area (Å²) in [4.78, 5) is 23.9. The highest BCUT2D eigenvalue weighted by molar-refractivity contribution is 7.98. The number of hydrogen-bond donors (Lipinski definition) is 0. The maximum absolute atomic E-state index is 13.7. The van der Waals surface area contributed by atoms with E-state index in [2.05, 4.69) is 24.0 Å². The number of aryl methyl sites for hydroxylation is 1. The van der Waals surface area contributed by atoms with Gasteiger partial charge in [0, 0.05) is 17.3 Å². The number of benzene rings is 2. The summed E-state index contributed by atoms with van der Waals surface area (Å²) in [5.41, 5.74) is 4.08. The lowest BCUT2D eigenvalue weighted by Crippen LogP contribution is -2.23. The van der Waals surface area contributed by atoms with Gasteiger partial charge in [-0.15, -0.1) is 11.3 Å². The zero-order chi connectivity index (χ0) is 22.4. The maximum atomic E-state index is 13.7. The second kappa shape index (κ2) is 8.20. The van der Waals surface area contributed by atoms with Crippen LogP contribution >= 0.6 is 23.1 Å². The van der Waals surface area contributed by atoms with Crippen molar-refractivity contribution in [1.29, 1.82) is 0 Å². The standard InChI is InChI=1S/C25H19N3O3S2/c1-15-5-2-3-6-17(15)13-32-25-27-21-18-7-4-10-26-23(18)33-22(21)24(29)28(25)12-16-8-9-19-20(11-16)31-14-30-19/h2-11H,12-14H2,1H3. The van der Waals surface area contributed by atoms with E-state index in [9.17, 15) is 4.79 Å². The topological polar surface area (TPSA) is 66.2 Å². The molecule has 0 radical (unpaired) electrons. The van der Waals surface area contributed by atoms with Crippen LogP contribution in [0.2, 0.25) is 0 Å². The van der Waals surface area contributed by atoms with Crippen molar-refractivity contribution >= 4 is 43.5 Å². The summed E-state index contributed by atoms with van der Waals surface area (Å²) < 4.78 is 13.3. The molecular formula is C25H19N3O3S2. The van der Waals surface area contributed by atoms with Crippen molar-refractivity contribution in [3.63, 3.8) is 0 Å². The molecule has 0 N–H and O–H groups in total. The Morgan fingerprint density at radius 1 is 1.09 bits per heavy atom. The number of ether oxygens (including phenoxy) is 2. The summed E-state index contributed by atoms with van der Waals surface area (Å²) in [5.74, 6) is 2.16. The van der Waals surface area contributed by atoms with Crippen molar-refractivity contribution in [2.75, 3.05) is 6.79 Å². The molecule has 1 aliphatic heterocycles. The highest BCUT2D eigenvalue weighted by atomic mass is 32.2. The van der Waals surface area contributed by atoms with Crippen LogP contribution in [0.25, 0.3) is 20.4 Å². The summed E-state index contributed by atoms with van der Waals surface area (Å²) in [7, 11) is 0. The van der Waals surface area contributed by atoms with Crippen molar-refractivity contribution in [2.45, 2.75) is 24.4 Å². The number of thioether (sulfide) groups is 1. The van der Waals surface area contributed by atoms with Gasteiger partial charge in [-0.2, -0.15) is 0 Å². The van der Waals surface area contributed by atoms with Crippen LogP contribution in [0.15, 0.2) is 70.7 Å². The van der Waals surface area contributed by atoms with Gasteiger partial charge in [-0.1, -0.05) is 42.1 Å². The third-order valence-electron chi connectivity index (χ3n) is 5.71. The summed E-state index contributed by atoms with van der Waals surface area (Å²) in [5, 5.41) is 1.61. The zero-order valence-corrected chi connectivity index (χ0v) is 19.4. The molecule has 3 aromatic heterocycles. The van der Waals surface area contributed by atoms with Gasteiger partial charge in [0.05, 0.1) is 12.1 Å². The number of hydrogen-bond acceptors (Lipinski definition) is 7. The van der Waals surface area contributed by atoms with Crippen LogP contribution < -0.4 is 15.0 Å². The first-order valence-electron chi connectivity index (χ1n) is 10.5. The summed E-state index contributed by atoms with van der Waals surface area (Å²) in [6.07, 6.45) is 1.75.